The summed E-state index contributed by atoms with van der Waals surface area (Å²) in [7, 11) is 3.98. The van der Waals surface area contributed by atoms with Crippen LogP contribution in [-0.4, -0.2) is 37.7 Å². The van der Waals surface area contributed by atoms with E-state index in [0.717, 1.165) is 45.3 Å². The van der Waals surface area contributed by atoms with Crippen molar-refractivity contribution in [2.75, 3.05) is 35.8 Å². The molecule has 0 bridgehead atoms. The molecule has 0 aromatic heterocycles. The van der Waals surface area contributed by atoms with Crippen LogP contribution in [0.5, 0.6) is 0 Å². The fourth-order valence-electron chi connectivity index (χ4n) is 3.96. The Morgan fingerprint density at radius 3 is 2.19 bits per heavy atom. The normalized spacial score (nSPS) is 10.7. The van der Waals surface area contributed by atoms with Crippen LogP contribution in [0, 0.1) is 0 Å². The zero-order valence-electron chi connectivity index (χ0n) is 21.9. The number of rotatable bonds is 13. The molecule has 37 heavy (non-hydrogen) atoms. The van der Waals surface area contributed by atoms with Gasteiger partial charge in [0.25, 0.3) is 0 Å². The monoisotopic (exact) mass is 519 g/mol. The maximum Gasteiger partial charge on any atom is 0.326 e. The predicted molar refractivity (Wildman–Crippen MR) is 154 cm³/mol. The Bertz CT molecular complexity index is 1150. The number of urea groups is 1. The number of benzene rings is 3. The summed E-state index contributed by atoms with van der Waals surface area (Å²) in [5.74, 6) is -0.838. The fourth-order valence-corrected chi connectivity index (χ4v) is 4.83. The smallest absolute Gasteiger partial charge is 0.326 e. The van der Waals surface area contributed by atoms with Crippen LogP contribution in [-0.2, 0) is 11.2 Å². The van der Waals surface area contributed by atoms with E-state index >= 15 is 0 Å². The molecule has 0 aliphatic heterocycles. The van der Waals surface area contributed by atoms with Crippen molar-refractivity contribution in [1.29, 1.82) is 0 Å². The van der Waals surface area contributed by atoms with E-state index in [9.17, 15) is 9.59 Å². The van der Waals surface area contributed by atoms with Gasteiger partial charge in [-0.05, 0) is 66.6 Å². The van der Waals surface area contributed by atoms with Gasteiger partial charge in [0, 0.05) is 47.5 Å². The van der Waals surface area contributed by atoms with Crippen LogP contribution >= 0.6 is 11.8 Å². The molecular formula is C30H37N3O3S. The van der Waals surface area contributed by atoms with Gasteiger partial charge in [0.2, 0.25) is 0 Å². The quantitative estimate of drug-likeness (QED) is 0.228. The molecule has 7 heteroatoms. The molecule has 2 N–H and O–H groups in total. The summed E-state index contributed by atoms with van der Waals surface area (Å²) in [4.78, 5) is 30.2. The number of carbonyl (C=O) groups is 2. The average molecular weight is 520 g/mol. The number of carbonyl (C=O) groups excluding carboxylic acids is 1. The second-order valence-electron chi connectivity index (χ2n) is 9.25. The lowest BCUT2D eigenvalue weighted by Gasteiger charge is -2.24. The Labute approximate surface area is 224 Å². The summed E-state index contributed by atoms with van der Waals surface area (Å²) in [6, 6.07) is 23.3. The van der Waals surface area contributed by atoms with Crippen molar-refractivity contribution in [3.63, 3.8) is 0 Å². The van der Waals surface area contributed by atoms with Crippen molar-refractivity contribution in [3.8, 4) is 0 Å². The number of anilines is 3. The van der Waals surface area contributed by atoms with Crippen LogP contribution in [0.15, 0.2) is 82.6 Å². The molecule has 0 atom stereocenters. The van der Waals surface area contributed by atoms with Crippen molar-refractivity contribution in [2.45, 2.75) is 55.2 Å². The van der Waals surface area contributed by atoms with Crippen molar-refractivity contribution >= 4 is 40.8 Å². The lowest BCUT2D eigenvalue weighted by molar-refractivity contribution is -0.136. The number of carboxylic acids is 1. The number of amides is 2. The van der Waals surface area contributed by atoms with E-state index in [1.165, 1.54) is 19.3 Å². The predicted octanol–water partition coefficient (Wildman–Crippen LogP) is 7.54. The van der Waals surface area contributed by atoms with Gasteiger partial charge in [0.05, 0.1) is 6.42 Å². The molecule has 0 fully saturated rings. The van der Waals surface area contributed by atoms with Crippen LogP contribution in [0.3, 0.4) is 0 Å². The highest BCUT2D eigenvalue weighted by Gasteiger charge is 2.17. The van der Waals surface area contributed by atoms with E-state index in [0.29, 0.717) is 6.54 Å². The number of nitrogens with one attached hydrogen (secondary N) is 1. The third-order valence-electron chi connectivity index (χ3n) is 6.01. The molecule has 0 spiro atoms. The fraction of sp³-hybridized carbons (Fsp3) is 0.333. The molecule has 0 radical (unpaired) electrons. The lowest BCUT2D eigenvalue weighted by atomic mass is 10.1. The highest BCUT2D eigenvalue weighted by Crippen LogP contribution is 2.31. The van der Waals surface area contributed by atoms with Gasteiger partial charge in [0.1, 0.15) is 0 Å². The molecule has 196 valence electrons. The molecule has 3 rings (SSSR count). The van der Waals surface area contributed by atoms with E-state index in [1.54, 1.807) is 11.8 Å². The third kappa shape index (κ3) is 9.17. The molecule has 3 aromatic carbocycles. The Morgan fingerprint density at radius 2 is 1.54 bits per heavy atom. The van der Waals surface area contributed by atoms with Crippen LogP contribution < -0.4 is 15.1 Å². The molecule has 0 aliphatic carbocycles. The molecule has 0 saturated carbocycles. The largest absolute Gasteiger partial charge is 0.481 e. The van der Waals surface area contributed by atoms with Gasteiger partial charge < -0.3 is 15.3 Å². The maximum atomic E-state index is 13.4. The first-order valence-corrected chi connectivity index (χ1v) is 13.6. The minimum absolute atomic E-state index is 0.0145. The highest BCUT2D eigenvalue weighted by atomic mass is 32.2. The number of carboxylic acid groups (broad SMARTS) is 1. The van der Waals surface area contributed by atoms with Gasteiger partial charge in [-0.25, -0.2) is 4.79 Å². The van der Waals surface area contributed by atoms with Crippen LogP contribution in [0.2, 0.25) is 0 Å². The van der Waals surface area contributed by atoms with E-state index in [-0.39, 0.29) is 12.5 Å². The summed E-state index contributed by atoms with van der Waals surface area (Å²) < 4.78 is 0. The second kappa shape index (κ2) is 14.3. The summed E-state index contributed by atoms with van der Waals surface area (Å²) >= 11 is 1.59. The molecule has 0 aliphatic rings. The van der Waals surface area contributed by atoms with E-state index in [2.05, 4.69) is 12.2 Å². The molecule has 6 nitrogen and oxygen atoms in total. The lowest BCUT2D eigenvalue weighted by Crippen LogP contribution is -2.35. The first-order valence-electron chi connectivity index (χ1n) is 12.8. The van der Waals surface area contributed by atoms with E-state index in [4.69, 9.17) is 5.11 Å². The Hall–Kier alpha value is -3.45. The second-order valence-corrected chi connectivity index (χ2v) is 10.4. The van der Waals surface area contributed by atoms with Crippen molar-refractivity contribution in [3.05, 3.63) is 78.4 Å². The van der Waals surface area contributed by atoms with Gasteiger partial charge in [-0.1, -0.05) is 62.6 Å². The number of nitrogens with zero attached hydrogens (tertiary/aromatic N) is 2. The zero-order valence-corrected chi connectivity index (χ0v) is 22.8. The first-order chi connectivity index (χ1) is 17.9. The molecule has 0 heterocycles. The van der Waals surface area contributed by atoms with Crippen molar-refractivity contribution in [1.82, 2.24) is 0 Å². The third-order valence-corrected chi connectivity index (χ3v) is 7.01. The van der Waals surface area contributed by atoms with Gasteiger partial charge in [-0.2, -0.15) is 0 Å². The van der Waals surface area contributed by atoms with Crippen molar-refractivity contribution in [2.24, 2.45) is 0 Å². The number of unbranched alkanes of at least 4 members (excludes halogenated alkanes) is 4. The topological polar surface area (TPSA) is 72.9 Å². The first kappa shape index (κ1) is 28.1. The molecule has 2 amide bonds. The molecule has 0 saturated heterocycles. The van der Waals surface area contributed by atoms with Gasteiger partial charge in [-0.15, -0.1) is 0 Å². The molecular weight excluding hydrogens is 482 g/mol. The van der Waals surface area contributed by atoms with E-state index in [1.807, 2.05) is 96.7 Å². The van der Waals surface area contributed by atoms with Crippen LogP contribution in [0.1, 0.15) is 44.6 Å². The summed E-state index contributed by atoms with van der Waals surface area (Å²) in [5.41, 5.74) is 3.46. The summed E-state index contributed by atoms with van der Waals surface area (Å²) in [5, 5.41) is 12.0. The van der Waals surface area contributed by atoms with E-state index < -0.39 is 5.97 Å². The minimum Gasteiger partial charge on any atom is -0.481 e. The Kier molecular flexibility index (Phi) is 10.9. The van der Waals surface area contributed by atoms with Crippen LogP contribution in [0.25, 0.3) is 0 Å². The number of aliphatic carboxylic acids is 1. The minimum atomic E-state index is -0.838. The van der Waals surface area contributed by atoms with Gasteiger partial charge in [0.15, 0.2) is 0 Å². The van der Waals surface area contributed by atoms with Gasteiger partial charge >= 0.3 is 12.0 Å². The zero-order chi connectivity index (χ0) is 26.6. The van der Waals surface area contributed by atoms with Crippen LogP contribution in [0.4, 0.5) is 21.9 Å². The Balaban J connectivity index is 1.74. The molecule has 3 aromatic rings. The van der Waals surface area contributed by atoms with Crippen molar-refractivity contribution < 1.29 is 14.7 Å². The number of hydrogen-bond acceptors (Lipinski definition) is 4. The number of hydrogen-bond donors (Lipinski definition) is 2. The summed E-state index contributed by atoms with van der Waals surface area (Å²) in [6.45, 7) is 2.84. The highest BCUT2D eigenvalue weighted by molar-refractivity contribution is 7.99. The van der Waals surface area contributed by atoms with Gasteiger partial charge in [-0.3, -0.25) is 9.69 Å². The SMILES string of the molecule is CCCCCCCN(C(=O)Nc1ccc(N(C)C)cc1)c1cccc(Sc2ccc(CC(=O)O)cc2)c1. The molecule has 0 unspecified atom stereocenters. The summed E-state index contributed by atoms with van der Waals surface area (Å²) in [6.07, 6.45) is 5.61. The maximum absolute atomic E-state index is 13.4. The standard InChI is InChI=1S/C30H37N3O3S/c1-4-5-6-7-8-20-33(30(36)31-24-14-16-25(17-15-24)32(2)3)26-10-9-11-28(22-26)37-27-18-12-23(13-19-27)21-29(34)35/h9-19,22H,4-8,20-21H2,1-3H3,(H,31,36)(H,34,35). The average Bonchev–Trinajstić information content (AvgIpc) is 2.87. The Morgan fingerprint density at radius 1 is 0.838 bits per heavy atom.